The predicted octanol–water partition coefficient (Wildman–Crippen LogP) is 8.88. The smallest absolute Gasteiger partial charge is 0.162 e. The van der Waals surface area contributed by atoms with Crippen LogP contribution in [0.4, 0.5) is 8.78 Å². The molecule has 200 valence electrons. The van der Waals surface area contributed by atoms with Gasteiger partial charge in [-0.15, -0.1) is 0 Å². The number of alkyl halides is 1. The van der Waals surface area contributed by atoms with E-state index in [0.29, 0.717) is 24.5 Å². The van der Waals surface area contributed by atoms with E-state index in [4.69, 9.17) is 9.47 Å². The van der Waals surface area contributed by atoms with Crippen LogP contribution in [0.3, 0.4) is 0 Å². The maximum Gasteiger partial charge on any atom is 0.162 e. The third-order valence-electron chi connectivity index (χ3n) is 7.11. The fourth-order valence-electron chi connectivity index (χ4n) is 4.91. The Morgan fingerprint density at radius 2 is 1.61 bits per heavy atom. The first-order chi connectivity index (χ1) is 17.7. The molecular weight excluding hydrogens is 458 g/mol. The van der Waals surface area contributed by atoms with Crippen LogP contribution in [-0.4, -0.2) is 29.4 Å². The molecule has 1 aromatic carbocycles. The first-order valence-corrected chi connectivity index (χ1v) is 14.2. The van der Waals surface area contributed by atoms with Crippen molar-refractivity contribution in [2.75, 3.05) is 13.2 Å². The molecule has 0 unspecified atom stereocenters. The van der Waals surface area contributed by atoms with Gasteiger partial charge in [0, 0.05) is 6.07 Å². The number of unbranched alkanes of at least 4 members (excludes halogenated alkanes) is 7. The average molecular weight is 503 g/mol. The summed E-state index contributed by atoms with van der Waals surface area (Å²) < 4.78 is 39.8. The Morgan fingerprint density at radius 3 is 2.36 bits per heavy atom. The van der Waals surface area contributed by atoms with E-state index < -0.39 is 12.0 Å². The van der Waals surface area contributed by atoms with Crippen molar-refractivity contribution in [1.82, 2.24) is 9.97 Å². The summed E-state index contributed by atoms with van der Waals surface area (Å²) in [6.45, 7) is 2.70. The minimum absolute atomic E-state index is 0.0616. The van der Waals surface area contributed by atoms with Crippen LogP contribution in [0.25, 0.3) is 11.4 Å². The molecule has 1 aliphatic carbocycles. The lowest BCUT2D eigenvalue weighted by Crippen LogP contribution is -2.13. The molecule has 0 amide bonds. The van der Waals surface area contributed by atoms with Gasteiger partial charge >= 0.3 is 0 Å². The number of aromatic nitrogens is 2. The van der Waals surface area contributed by atoms with Crippen LogP contribution in [0.1, 0.15) is 103 Å². The second-order valence-electron chi connectivity index (χ2n) is 10.2. The molecular formula is C30H44F2N2O2. The van der Waals surface area contributed by atoms with Crippen LogP contribution in [0.2, 0.25) is 0 Å². The standard InChI is InChI=1S/C30H44F2N2O2/c1-2-3-4-9-16-25(31)23-36-26-17-18-28(29(32)20-26)30-33-21-27(22-34-30)35-19-12-7-5-6-8-13-24-14-10-11-15-24/h17-18,20-22,24-25H,2-16,19,23H2,1H3/t25-/m1/s1. The molecule has 0 bridgehead atoms. The molecule has 0 radical (unpaired) electrons. The van der Waals surface area contributed by atoms with E-state index in [2.05, 4.69) is 16.9 Å². The topological polar surface area (TPSA) is 44.2 Å². The third-order valence-corrected chi connectivity index (χ3v) is 7.11. The van der Waals surface area contributed by atoms with Crippen LogP contribution in [0, 0.1) is 11.7 Å². The summed E-state index contributed by atoms with van der Waals surface area (Å²) in [6, 6.07) is 4.46. The monoisotopic (exact) mass is 502 g/mol. The Labute approximate surface area is 216 Å². The van der Waals surface area contributed by atoms with Crippen molar-refractivity contribution in [3.63, 3.8) is 0 Å². The highest BCUT2D eigenvalue weighted by Gasteiger charge is 2.14. The lowest BCUT2D eigenvalue weighted by molar-refractivity contribution is 0.183. The highest BCUT2D eigenvalue weighted by Crippen LogP contribution is 2.29. The molecule has 2 aromatic rings. The Morgan fingerprint density at radius 1 is 0.889 bits per heavy atom. The lowest BCUT2D eigenvalue weighted by Gasteiger charge is -2.11. The maximum atomic E-state index is 14.6. The summed E-state index contributed by atoms with van der Waals surface area (Å²) in [6.07, 6.45) is 20.0. The highest BCUT2D eigenvalue weighted by atomic mass is 19.1. The zero-order valence-electron chi connectivity index (χ0n) is 22.0. The number of hydrogen-bond acceptors (Lipinski definition) is 4. The minimum atomic E-state index is -1.04. The number of halogens is 2. The number of nitrogens with zero attached hydrogens (tertiary/aromatic N) is 2. The lowest BCUT2D eigenvalue weighted by atomic mass is 9.99. The molecule has 0 aliphatic heterocycles. The molecule has 6 heteroatoms. The number of rotatable bonds is 18. The molecule has 1 fully saturated rings. The predicted molar refractivity (Wildman–Crippen MR) is 142 cm³/mol. The summed E-state index contributed by atoms with van der Waals surface area (Å²) in [5, 5.41) is 0. The molecule has 1 aromatic heterocycles. The number of benzene rings is 1. The third kappa shape index (κ3) is 10.4. The van der Waals surface area contributed by atoms with Gasteiger partial charge in [-0.05, 0) is 30.9 Å². The first kappa shape index (κ1) is 28.3. The molecule has 1 atom stereocenters. The molecule has 0 saturated heterocycles. The second-order valence-corrected chi connectivity index (χ2v) is 10.2. The summed E-state index contributed by atoms with van der Waals surface area (Å²) in [5.41, 5.74) is 0.280. The zero-order chi connectivity index (χ0) is 25.4. The maximum absolute atomic E-state index is 14.6. The molecule has 1 aliphatic rings. The summed E-state index contributed by atoms with van der Waals surface area (Å²) in [4.78, 5) is 8.53. The van der Waals surface area contributed by atoms with Crippen molar-refractivity contribution in [3.8, 4) is 22.9 Å². The fraction of sp³-hybridized carbons (Fsp3) is 0.667. The van der Waals surface area contributed by atoms with Crippen molar-refractivity contribution >= 4 is 0 Å². The molecule has 1 saturated carbocycles. The zero-order valence-corrected chi connectivity index (χ0v) is 22.0. The molecule has 0 spiro atoms. The second kappa shape index (κ2) is 16.5. The van der Waals surface area contributed by atoms with Crippen molar-refractivity contribution in [3.05, 3.63) is 36.4 Å². The van der Waals surface area contributed by atoms with Gasteiger partial charge < -0.3 is 9.47 Å². The molecule has 4 nitrogen and oxygen atoms in total. The van der Waals surface area contributed by atoms with Gasteiger partial charge in [0.15, 0.2) is 11.6 Å². The Hall–Kier alpha value is -2.24. The summed E-state index contributed by atoms with van der Waals surface area (Å²) in [7, 11) is 0. The van der Waals surface area contributed by atoms with E-state index in [-0.39, 0.29) is 18.0 Å². The van der Waals surface area contributed by atoms with E-state index in [1.807, 2.05) is 0 Å². The van der Waals surface area contributed by atoms with E-state index in [0.717, 1.165) is 38.0 Å². The fourth-order valence-corrected chi connectivity index (χ4v) is 4.91. The average Bonchev–Trinajstić information content (AvgIpc) is 3.41. The Bertz CT molecular complexity index is 857. The van der Waals surface area contributed by atoms with Gasteiger partial charge in [-0.2, -0.15) is 0 Å². The van der Waals surface area contributed by atoms with E-state index in [1.54, 1.807) is 24.5 Å². The van der Waals surface area contributed by atoms with Crippen LogP contribution in [0.15, 0.2) is 30.6 Å². The first-order valence-electron chi connectivity index (χ1n) is 14.2. The van der Waals surface area contributed by atoms with Gasteiger partial charge in [0.1, 0.15) is 24.3 Å². The van der Waals surface area contributed by atoms with Gasteiger partial charge in [0.25, 0.3) is 0 Å². The number of hydrogen-bond donors (Lipinski definition) is 0. The van der Waals surface area contributed by atoms with Crippen molar-refractivity contribution in [2.45, 2.75) is 109 Å². The van der Waals surface area contributed by atoms with Gasteiger partial charge in [0.05, 0.1) is 24.6 Å². The van der Waals surface area contributed by atoms with Crippen LogP contribution >= 0.6 is 0 Å². The Kier molecular flexibility index (Phi) is 13.0. The van der Waals surface area contributed by atoms with Gasteiger partial charge in [-0.1, -0.05) is 90.4 Å². The largest absolute Gasteiger partial charge is 0.490 e. The molecule has 3 rings (SSSR count). The Balaban J connectivity index is 1.32. The van der Waals surface area contributed by atoms with Crippen LogP contribution < -0.4 is 9.47 Å². The van der Waals surface area contributed by atoms with Crippen molar-refractivity contribution < 1.29 is 18.3 Å². The van der Waals surface area contributed by atoms with Gasteiger partial charge in [0.2, 0.25) is 0 Å². The highest BCUT2D eigenvalue weighted by molar-refractivity contribution is 5.57. The minimum Gasteiger partial charge on any atom is -0.490 e. The summed E-state index contributed by atoms with van der Waals surface area (Å²) in [5.74, 6) is 1.69. The van der Waals surface area contributed by atoms with Crippen molar-refractivity contribution in [1.29, 1.82) is 0 Å². The normalized spacial score (nSPS) is 14.8. The van der Waals surface area contributed by atoms with Crippen LogP contribution in [-0.2, 0) is 0 Å². The molecule has 0 N–H and O–H groups in total. The van der Waals surface area contributed by atoms with Crippen LogP contribution in [0.5, 0.6) is 11.5 Å². The van der Waals surface area contributed by atoms with Gasteiger partial charge in [-0.3, -0.25) is 0 Å². The van der Waals surface area contributed by atoms with Crippen molar-refractivity contribution in [2.24, 2.45) is 5.92 Å². The van der Waals surface area contributed by atoms with E-state index in [9.17, 15) is 8.78 Å². The molecule has 1 heterocycles. The van der Waals surface area contributed by atoms with E-state index in [1.165, 1.54) is 63.9 Å². The number of ether oxygens (including phenoxy) is 2. The van der Waals surface area contributed by atoms with Gasteiger partial charge in [-0.25, -0.2) is 18.7 Å². The SMILES string of the molecule is CCCCCC[C@@H](F)COc1ccc(-c2ncc(OCCCCCCCC3CCCC3)cn2)c(F)c1. The van der Waals surface area contributed by atoms with E-state index >= 15 is 0 Å². The summed E-state index contributed by atoms with van der Waals surface area (Å²) >= 11 is 0. The molecule has 36 heavy (non-hydrogen) atoms. The quantitative estimate of drug-likeness (QED) is 0.191.